The maximum absolute atomic E-state index is 13.7. The van der Waals surface area contributed by atoms with E-state index in [0.717, 1.165) is 39.4 Å². The first kappa shape index (κ1) is 17.7. The van der Waals surface area contributed by atoms with Crippen LogP contribution in [0.1, 0.15) is 6.42 Å². The average Bonchev–Trinajstić information content (AvgIpc) is 3.20. The summed E-state index contributed by atoms with van der Waals surface area (Å²) < 4.78 is 13.7. The number of pyridine rings is 3. The highest BCUT2D eigenvalue weighted by Gasteiger charge is 2.27. The number of halogens is 1. The lowest BCUT2D eigenvalue weighted by molar-refractivity contribution is 0.244. The molecule has 0 aromatic carbocycles. The molecule has 0 amide bonds. The highest BCUT2D eigenvalue weighted by Crippen LogP contribution is 2.29. The number of hydrogen-bond acceptors (Lipinski definition) is 6. The van der Waals surface area contributed by atoms with Crippen molar-refractivity contribution in [3.63, 3.8) is 0 Å². The van der Waals surface area contributed by atoms with Crippen molar-refractivity contribution in [3.05, 3.63) is 55.0 Å². The van der Waals surface area contributed by atoms with Crippen molar-refractivity contribution >= 4 is 16.7 Å². The first-order valence-corrected chi connectivity index (χ1v) is 9.55. The maximum atomic E-state index is 13.7. The van der Waals surface area contributed by atoms with Gasteiger partial charge in [0.15, 0.2) is 0 Å². The van der Waals surface area contributed by atoms with Crippen molar-refractivity contribution in [1.82, 2.24) is 25.1 Å². The molecule has 8 heteroatoms. The monoisotopic (exact) mass is 389 g/mol. The fourth-order valence-electron chi connectivity index (χ4n) is 3.68. The Hall–Kier alpha value is -3.39. The second kappa shape index (κ2) is 7.21. The van der Waals surface area contributed by atoms with E-state index in [0.29, 0.717) is 19.5 Å². The third kappa shape index (κ3) is 3.31. The average molecular weight is 389 g/mol. The zero-order valence-corrected chi connectivity index (χ0v) is 15.7. The first-order valence-electron chi connectivity index (χ1n) is 9.55. The minimum absolute atomic E-state index is 0.415. The maximum Gasteiger partial charge on any atom is 0.129 e. The van der Waals surface area contributed by atoms with Crippen LogP contribution >= 0.6 is 0 Å². The van der Waals surface area contributed by atoms with Crippen LogP contribution in [0.15, 0.2) is 55.0 Å². The molecular weight excluding hydrogens is 369 g/mol. The van der Waals surface area contributed by atoms with Gasteiger partial charge in [0.25, 0.3) is 0 Å². The van der Waals surface area contributed by atoms with Crippen molar-refractivity contribution in [2.45, 2.75) is 18.6 Å². The molecule has 29 heavy (non-hydrogen) atoms. The van der Waals surface area contributed by atoms with Gasteiger partial charge >= 0.3 is 0 Å². The summed E-state index contributed by atoms with van der Waals surface area (Å²) in [5.74, 6) is 0.780. The molecule has 1 aliphatic heterocycles. The van der Waals surface area contributed by atoms with Gasteiger partial charge in [-0.15, -0.1) is 0 Å². The van der Waals surface area contributed by atoms with Gasteiger partial charge in [-0.3, -0.25) is 15.1 Å². The van der Waals surface area contributed by atoms with Crippen LogP contribution in [-0.4, -0.2) is 50.5 Å². The van der Waals surface area contributed by atoms with E-state index in [2.05, 4.69) is 20.2 Å². The van der Waals surface area contributed by atoms with Crippen LogP contribution in [0.5, 0.6) is 0 Å². The summed E-state index contributed by atoms with van der Waals surface area (Å²) in [7, 11) is 0. The van der Waals surface area contributed by atoms with Gasteiger partial charge in [0.2, 0.25) is 0 Å². The lowest BCUT2D eigenvalue weighted by Gasteiger charge is -2.34. The Balaban J connectivity index is 1.53. The van der Waals surface area contributed by atoms with Gasteiger partial charge in [0.1, 0.15) is 17.7 Å². The lowest BCUT2D eigenvalue weighted by atomic mass is 10.0. The fraction of sp³-hybridized carbons (Fsp3) is 0.238. The van der Waals surface area contributed by atoms with Crippen molar-refractivity contribution < 1.29 is 4.39 Å². The van der Waals surface area contributed by atoms with Crippen molar-refractivity contribution in [2.24, 2.45) is 5.73 Å². The zero-order chi connectivity index (χ0) is 19.8. The van der Waals surface area contributed by atoms with E-state index in [4.69, 9.17) is 10.7 Å². The van der Waals surface area contributed by atoms with Gasteiger partial charge in [0.05, 0.1) is 29.1 Å². The number of fused-ring (bicyclic) bond motifs is 1. The number of anilines is 1. The smallest absolute Gasteiger partial charge is 0.129 e. The Morgan fingerprint density at radius 1 is 1.14 bits per heavy atom. The number of nitrogens with two attached hydrogens (primary N) is 1. The summed E-state index contributed by atoms with van der Waals surface area (Å²) in [4.78, 5) is 15.5. The molecule has 146 valence electrons. The molecule has 0 aliphatic carbocycles. The van der Waals surface area contributed by atoms with Crippen LogP contribution in [0.25, 0.3) is 33.5 Å². The molecule has 4 aromatic heterocycles. The molecule has 5 heterocycles. The second-order valence-electron chi connectivity index (χ2n) is 7.22. The molecular formula is C21H20FN7. The molecule has 5 rings (SSSR count). The van der Waals surface area contributed by atoms with E-state index in [1.165, 1.54) is 0 Å². The van der Waals surface area contributed by atoms with Gasteiger partial charge in [-0.1, -0.05) is 6.07 Å². The summed E-state index contributed by atoms with van der Waals surface area (Å²) >= 11 is 0. The quantitative estimate of drug-likeness (QED) is 0.559. The molecule has 0 bridgehead atoms. The molecule has 2 atom stereocenters. The highest BCUT2D eigenvalue weighted by atomic mass is 19.1. The molecule has 1 fully saturated rings. The Morgan fingerprint density at radius 3 is 2.90 bits per heavy atom. The fourth-order valence-corrected chi connectivity index (χ4v) is 3.68. The van der Waals surface area contributed by atoms with Gasteiger partial charge in [0, 0.05) is 36.4 Å². The van der Waals surface area contributed by atoms with Crippen LogP contribution in [0.2, 0.25) is 0 Å². The zero-order valence-electron chi connectivity index (χ0n) is 15.7. The van der Waals surface area contributed by atoms with Crippen LogP contribution in [0.3, 0.4) is 0 Å². The predicted octanol–water partition coefficient (Wildman–Crippen LogP) is 2.96. The standard InChI is InChI=1S/C21H20FN7/c22-15-6-8-29(12-16(15)23)20-5-1-4-17(26-20)21-14-9-18(13-3-2-7-24-10-13)25-11-19(14)27-28-21/h1-5,7,9-11,15-16H,6,8,12,23H2,(H,27,28)/t15-,16+/m0/s1. The van der Waals surface area contributed by atoms with Crippen LogP contribution in [0.4, 0.5) is 10.2 Å². The van der Waals surface area contributed by atoms with Gasteiger partial charge in [-0.05, 0) is 36.8 Å². The molecule has 0 unspecified atom stereocenters. The molecule has 1 aliphatic rings. The molecule has 4 aromatic rings. The molecule has 0 spiro atoms. The minimum Gasteiger partial charge on any atom is -0.355 e. The molecule has 0 radical (unpaired) electrons. The number of piperidine rings is 1. The third-order valence-corrected chi connectivity index (χ3v) is 5.28. The minimum atomic E-state index is -0.955. The van der Waals surface area contributed by atoms with E-state index in [-0.39, 0.29) is 0 Å². The number of hydrogen-bond donors (Lipinski definition) is 2. The van der Waals surface area contributed by atoms with Gasteiger partial charge in [-0.25, -0.2) is 9.37 Å². The third-order valence-electron chi connectivity index (χ3n) is 5.28. The van der Waals surface area contributed by atoms with E-state index in [1.54, 1.807) is 18.6 Å². The van der Waals surface area contributed by atoms with Crippen LogP contribution in [-0.2, 0) is 0 Å². The van der Waals surface area contributed by atoms with Crippen molar-refractivity contribution in [3.8, 4) is 22.6 Å². The SMILES string of the molecule is N[C@@H]1CN(c2cccc(-c3n[nH]c4cnc(-c5cccnc5)cc34)n2)CC[C@@H]1F. The van der Waals surface area contributed by atoms with Crippen LogP contribution < -0.4 is 10.6 Å². The Kier molecular flexibility index (Phi) is 4.40. The predicted molar refractivity (Wildman–Crippen MR) is 110 cm³/mol. The number of aromatic amines is 1. The Bertz CT molecular complexity index is 1140. The Morgan fingerprint density at radius 2 is 2.07 bits per heavy atom. The number of H-pyrrole nitrogens is 1. The van der Waals surface area contributed by atoms with E-state index in [1.807, 2.05) is 41.3 Å². The summed E-state index contributed by atoms with van der Waals surface area (Å²) in [5, 5.41) is 8.43. The Labute approximate surface area is 166 Å². The van der Waals surface area contributed by atoms with Gasteiger partial charge in [-0.2, -0.15) is 5.10 Å². The van der Waals surface area contributed by atoms with E-state index in [9.17, 15) is 4.39 Å². The normalized spacial score (nSPS) is 19.6. The lowest BCUT2D eigenvalue weighted by Crippen LogP contribution is -2.50. The van der Waals surface area contributed by atoms with E-state index < -0.39 is 12.2 Å². The van der Waals surface area contributed by atoms with Gasteiger partial charge < -0.3 is 10.6 Å². The largest absolute Gasteiger partial charge is 0.355 e. The molecule has 3 N–H and O–H groups in total. The summed E-state index contributed by atoms with van der Waals surface area (Å²) in [5.41, 5.74) is 9.99. The number of aromatic nitrogens is 5. The molecule has 0 saturated carbocycles. The highest BCUT2D eigenvalue weighted by molar-refractivity contribution is 5.93. The van der Waals surface area contributed by atoms with Crippen molar-refractivity contribution in [1.29, 1.82) is 0 Å². The van der Waals surface area contributed by atoms with Crippen molar-refractivity contribution in [2.75, 3.05) is 18.0 Å². The number of nitrogens with one attached hydrogen (secondary N) is 1. The molecule has 1 saturated heterocycles. The number of alkyl halides is 1. The van der Waals surface area contributed by atoms with Crippen LogP contribution in [0, 0.1) is 0 Å². The molecule has 7 nitrogen and oxygen atoms in total. The summed E-state index contributed by atoms with van der Waals surface area (Å²) in [6.07, 6.45) is 4.74. The first-order chi connectivity index (χ1) is 14.2. The summed E-state index contributed by atoms with van der Waals surface area (Å²) in [6.45, 7) is 1.05. The summed E-state index contributed by atoms with van der Waals surface area (Å²) in [6, 6.07) is 11.1. The topological polar surface area (TPSA) is 96.6 Å². The second-order valence-corrected chi connectivity index (χ2v) is 7.22. The number of nitrogens with zero attached hydrogens (tertiary/aromatic N) is 5. The number of rotatable bonds is 3. The van der Waals surface area contributed by atoms with E-state index >= 15 is 0 Å².